The van der Waals surface area contributed by atoms with Crippen LogP contribution in [0.4, 0.5) is 4.39 Å². The van der Waals surface area contributed by atoms with Crippen molar-refractivity contribution < 1.29 is 13.9 Å². The van der Waals surface area contributed by atoms with Gasteiger partial charge < -0.3 is 4.74 Å². The predicted octanol–water partition coefficient (Wildman–Crippen LogP) is 5.05. The van der Waals surface area contributed by atoms with E-state index in [0.717, 1.165) is 0 Å². The molecule has 0 radical (unpaired) electrons. The third-order valence-corrected chi connectivity index (χ3v) is 3.06. The lowest BCUT2D eigenvalue weighted by Gasteiger charge is -2.11. The molecular formula is C14H9Cl2FO2. The van der Waals surface area contributed by atoms with E-state index < -0.39 is 0 Å². The second kappa shape index (κ2) is 5.59. The fourth-order valence-electron chi connectivity index (χ4n) is 1.61. The molecule has 0 N–H and O–H groups in total. The van der Waals surface area contributed by atoms with Gasteiger partial charge in [0.25, 0.3) is 0 Å². The zero-order valence-electron chi connectivity index (χ0n) is 9.91. The molecule has 2 rings (SSSR count). The first-order chi connectivity index (χ1) is 9.01. The minimum absolute atomic E-state index is 0.204. The molecule has 0 saturated heterocycles. The van der Waals surface area contributed by atoms with E-state index in [2.05, 4.69) is 0 Å². The Morgan fingerprint density at radius 2 is 1.89 bits per heavy atom. The third-order valence-electron chi connectivity index (χ3n) is 2.53. The molecule has 0 aromatic heterocycles. The summed E-state index contributed by atoms with van der Waals surface area (Å²) >= 11 is 11.8. The summed E-state index contributed by atoms with van der Waals surface area (Å²) in [6.45, 7) is 1.70. The van der Waals surface area contributed by atoms with Gasteiger partial charge in [0.2, 0.25) is 0 Å². The molecule has 0 bridgehead atoms. The van der Waals surface area contributed by atoms with E-state index in [1.165, 1.54) is 30.3 Å². The number of halogens is 3. The van der Waals surface area contributed by atoms with E-state index in [0.29, 0.717) is 22.6 Å². The Hall–Kier alpha value is -1.58. The minimum atomic E-state index is -0.357. The fourth-order valence-corrected chi connectivity index (χ4v) is 2.13. The van der Waals surface area contributed by atoms with E-state index in [9.17, 15) is 9.18 Å². The van der Waals surface area contributed by atoms with Gasteiger partial charge in [0.15, 0.2) is 6.29 Å². The van der Waals surface area contributed by atoms with Crippen molar-refractivity contribution in [2.75, 3.05) is 0 Å². The summed E-state index contributed by atoms with van der Waals surface area (Å²) in [6, 6.07) is 7.03. The summed E-state index contributed by atoms with van der Waals surface area (Å²) in [5, 5.41) is 0.558. The lowest BCUT2D eigenvalue weighted by atomic mass is 10.2. The molecule has 0 fully saturated rings. The van der Waals surface area contributed by atoms with E-state index in [4.69, 9.17) is 27.9 Å². The Bertz CT molecular complexity index is 642. The Morgan fingerprint density at radius 3 is 2.53 bits per heavy atom. The highest BCUT2D eigenvalue weighted by molar-refractivity contribution is 6.36. The highest BCUT2D eigenvalue weighted by Crippen LogP contribution is 2.34. The van der Waals surface area contributed by atoms with E-state index in [1.54, 1.807) is 6.92 Å². The maximum absolute atomic E-state index is 13.0. The lowest BCUT2D eigenvalue weighted by molar-refractivity contribution is 0.112. The van der Waals surface area contributed by atoms with Crippen LogP contribution >= 0.6 is 23.2 Å². The third kappa shape index (κ3) is 3.06. The van der Waals surface area contributed by atoms with Gasteiger partial charge in [-0.3, -0.25) is 4.79 Å². The molecule has 0 spiro atoms. The molecule has 2 aromatic carbocycles. The summed E-state index contributed by atoms with van der Waals surface area (Å²) in [5.74, 6) is 0.314. The highest BCUT2D eigenvalue weighted by atomic mass is 35.5. The van der Waals surface area contributed by atoms with Crippen molar-refractivity contribution in [3.63, 3.8) is 0 Å². The first kappa shape index (κ1) is 13.8. The number of hydrogen-bond donors (Lipinski definition) is 0. The van der Waals surface area contributed by atoms with Gasteiger partial charge in [0, 0.05) is 11.1 Å². The monoisotopic (exact) mass is 298 g/mol. The van der Waals surface area contributed by atoms with Gasteiger partial charge >= 0.3 is 0 Å². The number of carbonyl (C=O) groups excluding carboxylic acids is 1. The smallest absolute Gasteiger partial charge is 0.155 e. The van der Waals surface area contributed by atoms with Crippen LogP contribution in [-0.2, 0) is 0 Å². The van der Waals surface area contributed by atoms with E-state index >= 15 is 0 Å². The number of rotatable bonds is 3. The minimum Gasteiger partial charge on any atom is -0.456 e. The zero-order valence-corrected chi connectivity index (χ0v) is 11.4. The average molecular weight is 299 g/mol. The van der Waals surface area contributed by atoms with E-state index in [1.807, 2.05) is 0 Å². The topological polar surface area (TPSA) is 26.3 Å². The van der Waals surface area contributed by atoms with Crippen molar-refractivity contribution in [1.82, 2.24) is 0 Å². The van der Waals surface area contributed by atoms with Crippen molar-refractivity contribution in [3.8, 4) is 11.5 Å². The molecule has 0 amide bonds. The normalized spacial score (nSPS) is 10.3. The number of aryl methyl sites for hydroxylation is 1. The van der Waals surface area contributed by atoms with Crippen LogP contribution in [0.2, 0.25) is 10.0 Å². The van der Waals surface area contributed by atoms with Crippen molar-refractivity contribution >= 4 is 29.5 Å². The van der Waals surface area contributed by atoms with Gasteiger partial charge in [-0.05, 0) is 36.8 Å². The van der Waals surface area contributed by atoms with Crippen LogP contribution in [0.25, 0.3) is 0 Å². The SMILES string of the molecule is Cc1cc(F)ccc1Oc1cc(Cl)cc(Cl)c1C=O. The predicted molar refractivity (Wildman–Crippen MR) is 73.1 cm³/mol. The van der Waals surface area contributed by atoms with Crippen molar-refractivity contribution in [2.45, 2.75) is 6.92 Å². The summed E-state index contributed by atoms with van der Waals surface area (Å²) in [4.78, 5) is 11.0. The maximum Gasteiger partial charge on any atom is 0.155 e. The molecule has 2 nitrogen and oxygen atoms in total. The standard InChI is InChI=1S/C14H9Cl2FO2/c1-8-4-10(17)2-3-13(8)19-14-6-9(15)5-12(16)11(14)7-18/h2-7H,1H3. The summed E-state index contributed by atoms with van der Waals surface area (Å²) in [6.07, 6.45) is 0.590. The maximum atomic E-state index is 13.0. The quantitative estimate of drug-likeness (QED) is 0.742. The number of ether oxygens (including phenoxy) is 1. The summed E-state index contributed by atoms with van der Waals surface area (Å²) < 4.78 is 18.6. The molecule has 0 unspecified atom stereocenters. The number of hydrogen-bond acceptors (Lipinski definition) is 2. The van der Waals surface area contributed by atoms with Crippen LogP contribution in [0.15, 0.2) is 30.3 Å². The van der Waals surface area contributed by atoms with Crippen molar-refractivity contribution in [1.29, 1.82) is 0 Å². The Morgan fingerprint density at radius 1 is 1.16 bits per heavy atom. The molecule has 0 aliphatic heterocycles. The van der Waals surface area contributed by atoms with Gasteiger partial charge in [0.05, 0.1) is 10.6 Å². The van der Waals surface area contributed by atoms with Crippen molar-refractivity contribution in [3.05, 3.63) is 57.3 Å². The average Bonchev–Trinajstić information content (AvgIpc) is 2.32. The first-order valence-corrected chi connectivity index (χ1v) is 6.15. The Labute approximate surface area is 119 Å². The van der Waals surface area contributed by atoms with Crippen LogP contribution in [0.1, 0.15) is 15.9 Å². The van der Waals surface area contributed by atoms with E-state index in [-0.39, 0.29) is 22.2 Å². The molecule has 0 heterocycles. The van der Waals surface area contributed by atoms with Crippen molar-refractivity contribution in [2.24, 2.45) is 0 Å². The highest BCUT2D eigenvalue weighted by Gasteiger charge is 2.12. The van der Waals surface area contributed by atoms with Crippen LogP contribution in [-0.4, -0.2) is 6.29 Å². The van der Waals surface area contributed by atoms with Crippen LogP contribution in [0, 0.1) is 12.7 Å². The molecule has 19 heavy (non-hydrogen) atoms. The fraction of sp³-hybridized carbons (Fsp3) is 0.0714. The summed E-state index contributed by atoms with van der Waals surface area (Å²) in [7, 11) is 0. The second-order valence-corrected chi connectivity index (χ2v) is 4.77. The second-order valence-electron chi connectivity index (χ2n) is 3.93. The number of aldehydes is 1. The van der Waals surface area contributed by atoms with Gasteiger partial charge in [-0.25, -0.2) is 4.39 Å². The molecule has 5 heteroatoms. The summed E-state index contributed by atoms with van der Waals surface area (Å²) in [5.41, 5.74) is 0.808. The molecular weight excluding hydrogens is 290 g/mol. The Kier molecular flexibility index (Phi) is 4.08. The van der Waals surface area contributed by atoms with Gasteiger partial charge in [-0.15, -0.1) is 0 Å². The molecule has 0 atom stereocenters. The molecule has 2 aromatic rings. The largest absolute Gasteiger partial charge is 0.456 e. The van der Waals surface area contributed by atoms with Gasteiger partial charge in [0.1, 0.15) is 17.3 Å². The Balaban J connectivity index is 2.45. The van der Waals surface area contributed by atoms with Crippen LogP contribution in [0.3, 0.4) is 0 Å². The molecule has 0 aliphatic rings. The number of benzene rings is 2. The van der Waals surface area contributed by atoms with Crippen LogP contribution in [0.5, 0.6) is 11.5 Å². The number of carbonyl (C=O) groups is 1. The molecule has 0 aliphatic carbocycles. The zero-order chi connectivity index (χ0) is 14.0. The first-order valence-electron chi connectivity index (χ1n) is 5.39. The van der Waals surface area contributed by atoms with Gasteiger partial charge in [-0.1, -0.05) is 23.2 Å². The lowest BCUT2D eigenvalue weighted by Crippen LogP contribution is -1.94. The van der Waals surface area contributed by atoms with Gasteiger partial charge in [-0.2, -0.15) is 0 Å². The molecule has 98 valence electrons. The van der Waals surface area contributed by atoms with Crippen LogP contribution < -0.4 is 4.74 Å². The molecule has 0 saturated carbocycles.